The zero-order valence-electron chi connectivity index (χ0n) is 19.6. The molecule has 0 aliphatic carbocycles. The number of aromatic nitrogens is 8. The van der Waals surface area contributed by atoms with Crippen molar-refractivity contribution in [1.29, 1.82) is 0 Å². The molecule has 0 bridgehead atoms. The Hall–Kier alpha value is -4.12. The molecule has 1 fully saturated rings. The predicted octanol–water partition coefficient (Wildman–Crippen LogP) is 3.35. The molecule has 1 N–H and O–H groups in total. The number of aromatic amines is 1. The first-order valence-corrected chi connectivity index (χ1v) is 11.4. The Bertz CT molecular complexity index is 1520. The second-order valence-electron chi connectivity index (χ2n) is 8.70. The minimum absolute atomic E-state index is 0.174. The molecule has 35 heavy (non-hydrogen) atoms. The van der Waals surface area contributed by atoms with E-state index in [4.69, 9.17) is 14.8 Å². The molecule has 0 spiro atoms. The maximum absolute atomic E-state index is 13.9. The average Bonchev–Trinajstić information content (AvgIpc) is 3.58. The quantitative estimate of drug-likeness (QED) is 0.427. The topological polar surface area (TPSA) is 102 Å². The summed E-state index contributed by atoms with van der Waals surface area (Å²) in [6.07, 6.45) is 6.27. The van der Waals surface area contributed by atoms with E-state index in [1.54, 1.807) is 23.3 Å². The van der Waals surface area contributed by atoms with Gasteiger partial charge in [0, 0.05) is 30.4 Å². The van der Waals surface area contributed by atoms with Gasteiger partial charge in [-0.15, -0.1) is 0 Å². The van der Waals surface area contributed by atoms with Crippen molar-refractivity contribution in [2.24, 2.45) is 0 Å². The monoisotopic (exact) mass is 473 g/mol. The van der Waals surface area contributed by atoms with Crippen LogP contribution in [0.2, 0.25) is 0 Å². The van der Waals surface area contributed by atoms with Gasteiger partial charge in [0.2, 0.25) is 0 Å². The number of anilines is 1. The molecule has 0 saturated carbocycles. The summed E-state index contributed by atoms with van der Waals surface area (Å²) >= 11 is 0. The molecule has 6 rings (SSSR count). The van der Waals surface area contributed by atoms with Crippen LogP contribution in [0.15, 0.2) is 43.0 Å². The van der Waals surface area contributed by atoms with E-state index in [0.717, 1.165) is 46.3 Å². The van der Waals surface area contributed by atoms with Crippen LogP contribution in [-0.2, 0) is 4.74 Å². The molecule has 5 aromatic rings. The first kappa shape index (κ1) is 21.4. The van der Waals surface area contributed by atoms with Crippen LogP contribution in [0.4, 0.5) is 10.2 Å². The van der Waals surface area contributed by atoms with Crippen LogP contribution in [-0.4, -0.2) is 65.4 Å². The number of aryl methyl sites for hydroxylation is 1. The van der Waals surface area contributed by atoms with Gasteiger partial charge in [-0.3, -0.25) is 10.1 Å². The number of hydrogen-bond donors (Lipinski definition) is 1. The zero-order chi connectivity index (χ0) is 24.1. The molecule has 6 heterocycles. The number of pyridine rings is 1. The van der Waals surface area contributed by atoms with Crippen LogP contribution in [0.5, 0.6) is 0 Å². The summed E-state index contributed by atoms with van der Waals surface area (Å²) in [5, 5.41) is 16.5. The minimum Gasteiger partial charge on any atom is -0.377 e. The van der Waals surface area contributed by atoms with Crippen molar-refractivity contribution in [3.8, 4) is 28.2 Å². The Kier molecular flexibility index (Phi) is 5.06. The van der Waals surface area contributed by atoms with Crippen molar-refractivity contribution in [2.75, 3.05) is 24.7 Å². The number of morpholine rings is 1. The third-order valence-electron chi connectivity index (χ3n) is 6.39. The fourth-order valence-electron chi connectivity index (χ4n) is 4.72. The summed E-state index contributed by atoms with van der Waals surface area (Å²) in [7, 11) is 0. The summed E-state index contributed by atoms with van der Waals surface area (Å²) < 4.78 is 23.1. The summed E-state index contributed by atoms with van der Waals surface area (Å²) in [5.74, 6) is 0.423. The number of nitrogens with one attached hydrogen (secondary N) is 1. The van der Waals surface area contributed by atoms with Gasteiger partial charge in [-0.1, -0.05) is 0 Å². The molecule has 1 atom stereocenters. The molecule has 1 saturated heterocycles. The minimum atomic E-state index is -0.414. The van der Waals surface area contributed by atoms with Crippen LogP contribution < -0.4 is 4.90 Å². The van der Waals surface area contributed by atoms with Crippen LogP contribution in [0, 0.1) is 19.7 Å². The zero-order valence-corrected chi connectivity index (χ0v) is 19.6. The molecular weight excluding hydrogens is 449 g/mol. The summed E-state index contributed by atoms with van der Waals surface area (Å²) in [6.45, 7) is 8.04. The van der Waals surface area contributed by atoms with Crippen molar-refractivity contribution in [1.82, 2.24) is 39.6 Å². The first-order valence-electron chi connectivity index (χ1n) is 11.4. The van der Waals surface area contributed by atoms with Gasteiger partial charge in [0.1, 0.15) is 11.6 Å². The van der Waals surface area contributed by atoms with Crippen molar-refractivity contribution >= 4 is 11.5 Å². The van der Waals surface area contributed by atoms with Crippen molar-refractivity contribution in [3.05, 3.63) is 60.2 Å². The van der Waals surface area contributed by atoms with Gasteiger partial charge in [0.05, 0.1) is 71.9 Å². The van der Waals surface area contributed by atoms with E-state index in [1.807, 2.05) is 30.5 Å². The normalized spacial score (nSPS) is 16.3. The first-order chi connectivity index (χ1) is 17.0. The number of rotatable bonds is 4. The number of H-pyrrole nitrogens is 1. The highest BCUT2D eigenvalue weighted by Crippen LogP contribution is 2.34. The summed E-state index contributed by atoms with van der Waals surface area (Å²) in [4.78, 5) is 11.3. The molecule has 0 radical (unpaired) electrons. The van der Waals surface area contributed by atoms with Crippen molar-refractivity contribution < 1.29 is 9.13 Å². The molecule has 10 nitrogen and oxygen atoms in total. The van der Waals surface area contributed by atoms with E-state index in [0.29, 0.717) is 24.5 Å². The molecule has 178 valence electrons. The predicted molar refractivity (Wildman–Crippen MR) is 128 cm³/mol. The molecule has 0 aromatic carbocycles. The lowest BCUT2D eigenvalue weighted by Gasteiger charge is -2.34. The maximum atomic E-state index is 13.9. The number of ether oxygens (including phenoxy) is 1. The highest BCUT2D eigenvalue weighted by Gasteiger charge is 2.26. The Morgan fingerprint density at radius 2 is 2.06 bits per heavy atom. The smallest absolute Gasteiger partial charge is 0.167 e. The molecule has 11 heteroatoms. The van der Waals surface area contributed by atoms with E-state index < -0.39 is 5.82 Å². The fourth-order valence-corrected chi connectivity index (χ4v) is 4.72. The molecule has 1 aliphatic rings. The van der Waals surface area contributed by atoms with Crippen molar-refractivity contribution in [3.63, 3.8) is 0 Å². The molecule has 1 aliphatic heterocycles. The Morgan fingerprint density at radius 1 is 1.17 bits per heavy atom. The van der Waals surface area contributed by atoms with Gasteiger partial charge in [0.15, 0.2) is 5.65 Å². The standard InChI is InChI=1S/C24H24FN9O/c1-14-13-35-7-6-32(14)22-9-21(34-24(29-22)19(12-28-34)20-4-5-27-30-20)23-15(2)31-33(16(23)3)18-8-17(25)10-26-11-18/h4-5,8-12,14H,6-7,13H2,1-3H3,(H,27,30)/t14-/m1/s1. The Balaban J connectivity index is 1.59. The number of halogens is 1. The van der Waals surface area contributed by atoms with Crippen molar-refractivity contribution in [2.45, 2.75) is 26.8 Å². The average molecular weight is 474 g/mol. The van der Waals surface area contributed by atoms with Gasteiger partial charge in [-0.2, -0.15) is 15.3 Å². The highest BCUT2D eigenvalue weighted by atomic mass is 19.1. The third-order valence-corrected chi connectivity index (χ3v) is 6.39. The number of nitrogens with zero attached hydrogens (tertiary/aromatic N) is 8. The third kappa shape index (κ3) is 3.55. The molecule has 0 unspecified atom stereocenters. The van der Waals surface area contributed by atoms with Gasteiger partial charge >= 0.3 is 0 Å². The van der Waals surface area contributed by atoms with Crippen LogP contribution in [0.1, 0.15) is 18.3 Å². The lowest BCUT2D eigenvalue weighted by Crippen LogP contribution is -2.44. The van der Waals surface area contributed by atoms with Crippen LogP contribution in [0.25, 0.3) is 33.8 Å². The second-order valence-corrected chi connectivity index (χ2v) is 8.70. The van der Waals surface area contributed by atoms with Gasteiger partial charge in [0.25, 0.3) is 0 Å². The highest BCUT2D eigenvalue weighted by molar-refractivity contribution is 5.80. The van der Waals surface area contributed by atoms with E-state index in [2.05, 4.69) is 32.1 Å². The van der Waals surface area contributed by atoms with Gasteiger partial charge in [-0.05, 0) is 26.8 Å². The fraction of sp³-hybridized carbons (Fsp3) is 0.292. The van der Waals surface area contributed by atoms with Gasteiger partial charge in [-0.25, -0.2) is 18.6 Å². The lowest BCUT2D eigenvalue weighted by atomic mass is 10.1. The summed E-state index contributed by atoms with van der Waals surface area (Å²) in [5.41, 5.74) is 6.34. The molecular formula is C24H24FN9O. The molecule has 0 amide bonds. The summed E-state index contributed by atoms with van der Waals surface area (Å²) in [6, 6.07) is 5.54. The Labute approximate surface area is 200 Å². The lowest BCUT2D eigenvalue weighted by molar-refractivity contribution is 0.0985. The maximum Gasteiger partial charge on any atom is 0.167 e. The van der Waals surface area contributed by atoms with Crippen LogP contribution >= 0.6 is 0 Å². The van der Waals surface area contributed by atoms with Gasteiger partial charge < -0.3 is 9.64 Å². The SMILES string of the molecule is Cc1nn(-c2cncc(F)c2)c(C)c1-c1cc(N2CCOC[C@H]2C)nc2c(-c3ccn[nH]3)cnn12. The molecule has 5 aromatic heterocycles. The second kappa shape index (κ2) is 8.27. The van der Waals surface area contributed by atoms with E-state index in [-0.39, 0.29) is 6.04 Å². The van der Waals surface area contributed by atoms with E-state index in [1.165, 1.54) is 12.3 Å². The van der Waals surface area contributed by atoms with Crippen LogP contribution in [0.3, 0.4) is 0 Å². The number of fused-ring (bicyclic) bond motifs is 1. The number of hydrogen-bond acceptors (Lipinski definition) is 7. The van der Waals surface area contributed by atoms with E-state index in [9.17, 15) is 4.39 Å². The Morgan fingerprint density at radius 3 is 2.83 bits per heavy atom. The largest absolute Gasteiger partial charge is 0.377 e. The van der Waals surface area contributed by atoms with E-state index >= 15 is 0 Å².